The van der Waals surface area contributed by atoms with E-state index in [2.05, 4.69) is 83.2 Å². The summed E-state index contributed by atoms with van der Waals surface area (Å²) in [6.45, 7) is 3.26. The molecule has 0 spiro atoms. The van der Waals surface area contributed by atoms with Crippen LogP contribution in [0.1, 0.15) is 23.4 Å². The maximum absolute atomic E-state index is 2.38. The number of hydrogen-bond donors (Lipinski definition) is 0. The standard InChI is InChI=1S/C14H16INS/c1-11(14-4-3-9-17-14)16(2)10-12-5-7-13(15)8-6-12/h3-9,11H,10H2,1-2H3. The molecule has 1 atom stereocenters. The Balaban J connectivity index is 2.01. The van der Waals surface area contributed by atoms with Gasteiger partial charge < -0.3 is 0 Å². The molecule has 2 rings (SSSR count). The zero-order valence-corrected chi connectivity index (χ0v) is 13.0. The maximum atomic E-state index is 2.38. The number of rotatable bonds is 4. The molecule has 2 aromatic rings. The molecule has 0 radical (unpaired) electrons. The summed E-state index contributed by atoms with van der Waals surface area (Å²) in [6.07, 6.45) is 0. The van der Waals surface area contributed by atoms with Crippen LogP contribution in [0, 0.1) is 3.57 Å². The molecule has 1 aromatic carbocycles. The third kappa shape index (κ3) is 3.53. The second kappa shape index (κ2) is 5.98. The van der Waals surface area contributed by atoms with Crippen molar-refractivity contribution in [2.24, 2.45) is 0 Å². The predicted molar refractivity (Wildman–Crippen MR) is 83.4 cm³/mol. The largest absolute Gasteiger partial charge is 0.295 e. The van der Waals surface area contributed by atoms with Gasteiger partial charge in [-0.3, -0.25) is 4.90 Å². The summed E-state index contributed by atoms with van der Waals surface area (Å²) < 4.78 is 1.29. The molecule has 0 N–H and O–H groups in total. The van der Waals surface area contributed by atoms with Crippen molar-refractivity contribution < 1.29 is 0 Å². The van der Waals surface area contributed by atoms with Gasteiger partial charge in [0.2, 0.25) is 0 Å². The third-order valence-electron chi connectivity index (χ3n) is 2.96. The lowest BCUT2D eigenvalue weighted by atomic mass is 10.2. The van der Waals surface area contributed by atoms with Gasteiger partial charge in [-0.15, -0.1) is 11.3 Å². The van der Waals surface area contributed by atoms with Crippen LogP contribution in [0.5, 0.6) is 0 Å². The Bertz CT molecular complexity index is 450. The van der Waals surface area contributed by atoms with Gasteiger partial charge in [0.25, 0.3) is 0 Å². The Morgan fingerprint density at radius 2 is 1.94 bits per heavy atom. The van der Waals surface area contributed by atoms with Gasteiger partial charge in [-0.2, -0.15) is 0 Å². The fourth-order valence-electron chi connectivity index (χ4n) is 1.76. The van der Waals surface area contributed by atoms with E-state index in [1.165, 1.54) is 14.0 Å². The second-order valence-electron chi connectivity index (χ2n) is 4.23. The van der Waals surface area contributed by atoms with Crippen LogP contribution < -0.4 is 0 Å². The summed E-state index contributed by atoms with van der Waals surface area (Å²) in [6, 6.07) is 13.6. The van der Waals surface area contributed by atoms with Crippen LogP contribution in [-0.4, -0.2) is 11.9 Å². The molecule has 0 saturated carbocycles. The molecule has 1 heterocycles. The van der Waals surface area contributed by atoms with E-state index in [-0.39, 0.29) is 0 Å². The summed E-state index contributed by atoms with van der Waals surface area (Å²) in [5, 5.41) is 2.14. The highest BCUT2D eigenvalue weighted by Crippen LogP contribution is 2.24. The zero-order chi connectivity index (χ0) is 12.3. The van der Waals surface area contributed by atoms with Crippen molar-refractivity contribution >= 4 is 33.9 Å². The van der Waals surface area contributed by atoms with E-state index in [4.69, 9.17) is 0 Å². The molecule has 1 nitrogen and oxygen atoms in total. The van der Waals surface area contributed by atoms with E-state index in [0.29, 0.717) is 6.04 Å². The summed E-state index contributed by atoms with van der Waals surface area (Å²) in [4.78, 5) is 3.81. The minimum absolute atomic E-state index is 0.481. The van der Waals surface area contributed by atoms with Gasteiger partial charge in [-0.05, 0) is 65.7 Å². The molecule has 1 unspecified atom stereocenters. The van der Waals surface area contributed by atoms with Crippen LogP contribution in [0.25, 0.3) is 0 Å². The van der Waals surface area contributed by atoms with Crippen LogP contribution in [0.3, 0.4) is 0 Å². The molecule has 0 aliphatic carbocycles. The number of halogens is 1. The summed E-state index contributed by atoms with van der Waals surface area (Å²) in [5.74, 6) is 0. The fraction of sp³-hybridized carbons (Fsp3) is 0.286. The summed E-state index contributed by atoms with van der Waals surface area (Å²) in [5.41, 5.74) is 1.37. The first-order chi connectivity index (χ1) is 8.16. The minimum atomic E-state index is 0.481. The van der Waals surface area contributed by atoms with Gasteiger partial charge in [0.1, 0.15) is 0 Å². The second-order valence-corrected chi connectivity index (χ2v) is 6.46. The molecule has 0 saturated heterocycles. The Labute approximate surface area is 121 Å². The Morgan fingerprint density at radius 1 is 1.24 bits per heavy atom. The van der Waals surface area contributed by atoms with E-state index >= 15 is 0 Å². The van der Waals surface area contributed by atoms with Gasteiger partial charge in [0.05, 0.1) is 0 Å². The lowest BCUT2D eigenvalue weighted by molar-refractivity contribution is 0.256. The Kier molecular flexibility index (Phi) is 4.59. The monoisotopic (exact) mass is 357 g/mol. The molecule has 3 heteroatoms. The number of nitrogens with zero attached hydrogens (tertiary/aromatic N) is 1. The first kappa shape index (κ1) is 13.1. The van der Waals surface area contributed by atoms with Gasteiger partial charge in [-0.25, -0.2) is 0 Å². The topological polar surface area (TPSA) is 3.24 Å². The first-order valence-corrected chi connectivity index (χ1v) is 7.61. The highest BCUT2D eigenvalue weighted by Gasteiger charge is 2.12. The smallest absolute Gasteiger partial charge is 0.0413 e. The number of hydrogen-bond acceptors (Lipinski definition) is 2. The average molecular weight is 357 g/mol. The molecule has 0 aliphatic heterocycles. The highest BCUT2D eigenvalue weighted by atomic mass is 127. The zero-order valence-electron chi connectivity index (χ0n) is 10.1. The SMILES string of the molecule is CC(c1cccs1)N(C)Cc1ccc(I)cc1. The first-order valence-electron chi connectivity index (χ1n) is 5.65. The number of benzene rings is 1. The van der Waals surface area contributed by atoms with E-state index in [0.717, 1.165) is 6.54 Å². The van der Waals surface area contributed by atoms with Crippen LogP contribution in [-0.2, 0) is 6.54 Å². The fourth-order valence-corrected chi connectivity index (χ4v) is 2.97. The van der Waals surface area contributed by atoms with E-state index in [1.54, 1.807) is 0 Å². The minimum Gasteiger partial charge on any atom is -0.295 e. The van der Waals surface area contributed by atoms with Crippen LogP contribution in [0.2, 0.25) is 0 Å². The van der Waals surface area contributed by atoms with E-state index in [1.807, 2.05) is 11.3 Å². The molecule has 0 aliphatic rings. The van der Waals surface area contributed by atoms with Crippen molar-refractivity contribution in [1.82, 2.24) is 4.90 Å². The van der Waals surface area contributed by atoms with Gasteiger partial charge in [0, 0.05) is 21.0 Å². The van der Waals surface area contributed by atoms with Gasteiger partial charge in [0.15, 0.2) is 0 Å². The maximum Gasteiger partial charge on any atom is 0.0413 e. The molecule has 90 valence electrons. The molecule has 1 aromatic heterocycles. The van der Waals surface area contributed by atoms with Gasteiger partial charge in [-0.1, -0.05) is 18.2 Å². The van der Waals surface area contributed by atoms with Crippen LogP contribution >= 0.6 is 33.9 Å². The quantitative estimate of drug-likeness (QED) is 0.726. The van der Waals surface area contributed by atoms with Crippen molar-refractivity contribution in [2.75, 3.05) is 7.05 Å². The lowest BCUT2D eigenvalue weighted by Crippen LogP contribution is -2.21. The normalized spacial score (nSPS) is 12.9. The molecular weight excluding hydrogens is 341 g/mol. The Hall–Kier alpha value is -0.390. The molecule has 0 bridgehead atoms. The van der Waals surface area contributed by atoms with Crippen LogP contribution in [0.4, 0.5) is 0 Å². The number of thiophene rings is 1. The van der Waals surface area contributed by atoms with Crippen molar-refractivity contribution in [3.8, 4) is 0 Å². The van der Waals surface area contributed by atoms with Crippen molar-refractivity contribution in [3.63, 3.8) is 0 Å². The molecular formula is C14H16INS. The van der Waals surface area contributed by atoms with Crippen molar-refractivity contribution in [3.05, 3.63) is 55.8 Å². The Morgan fingerprint density at radius 3 is 2.53 bits per heavy atom. The highest BCUT2D eigenvalue weighted by molar-refractivity contribution is 14.1. The van der Waals surface area contributed by atoms with Crippen molar-refractivity contribution in [2.45, 2.75) is 19.5 Å². The predicted octanol–water partition coefficient (Wildman–Crippen LogP) is 4.55. The van der Waals surface area contributed by atoms with Crippen LogP contribution in [0.15, 0.2) is 41.8 Å². The van der Waals surface area contributed by atoms with E-state index in [9.17, 15) is 0 Å². The summed E-state index contributed by atoms with van der Waals surface area (Å²) >= 11 is 4.17. The molecule has 17 heavy (non-hydrogen) atoms. The van der Waals surface area contributed by atoms with Gasteiger partial charge >= 0.3 is 0 Å². The summed E-state index contributed by atoms with van der Waals surface area (Å²) in [7, 11) is 2.18. The lowest BCUT2D eigenvalue weighted by Gasteiger charge is -2.23. The van der Waals surface area contributed by atoms with E-state index < -0.39 is 0 Å². The molecule has 0 fully saturated rings. The third-order valence-corrected chi connectivity index (χ3v) is 4.72. The van der Waals surface area contributed by atoms with Crippen molar-refractivity contribution in [1.29, 1.82) is 0 Å². The average Bonchev–Trinajstić information content (AvgIpc) is 2.84. The molecule has 0 amide bonds.